The molecule has 0 aliphatic carbocycles. The van der Waals surface area contributed by atoms with Gasteiger partial charge in [-0.05, 0) is 35.9 Å². The second-order valence-corrected chi connectivity index (χ2v) is 10.6. The lowest BCUT2D eigenvalue weighted by Gasteiger charge is -2.50. The van der Waals surface area contributed by atoms with Crippen LogP contribution in [0.4, 0.5) is 0 Å². The first-order chi connectivity index (χ1) is 20.0. The first kappa shape index (κ1) is 25.7. The molecule has 12 nitrogen and oxygen atoms in total. The number of aliphatic hydroxyl groups is 2. The number of hydrogen-bond acceptors (Lipinski definition) is 12. The number of ether oxygens (including phenoxy) is 3. The molecule has 0 saturated heterocycles. The molecule has 0 radical (unpaired) electrons. The molecule has 0 saturated carbocycles. The molecule has 4 aromatic carbocycles. The summed E-state index contributed by atoms with van der Waals surface area (Å²) in [5.41, 5.74) is 1.18. The Morgan fingerprint density at radius 2 is 1.40 bits per heavy atom. The molecule has 2 bridgehead atoms. The van der Waals surface area contributed by atoms with Gasteiger partial charge in [0.1, 0.15) is 41.0 Å². The monoisotopic (exact) mass is 576 g/mol. The molecule has 7 rings (SSSR count). The van der Waals surface area contributed by atoms with Gasteiger partial charge in [-0.2, -0.15) is 0 Å². The molecule has 0 unspecified atom stereocenters. The van der Waals surface area contributed by atoms with Crippen molar-refractivity contribution in [2.45, 2.75) is 36.4 Å². The van der Waals surface area contributed by atoms with Crippen LogP contribution in [0.25, 0.3) is 0 Å². The summed E-state index contributed by atoms with van der Waals surface area (Å²) in [5.74, 6) is -6.38. The van der Waals surface area contributed by atoms with Crippen molar-refractivity contribution in [3.8, 4) is 57.5 Å². The average molecular weight is 577 g/mol. The summed E-state index contributed by atoms with van der Waals surface area (Å²) in [4.78, 5) is 0. The van der Waals surface area contributed by atoms with E-state index in [2.05, 4.69) is 0 Å². The van der Waals surface area contributed by atoms with Gasteiger partial charge in [-0.3, -0.25) is 0 Å². The third kappa shape index (κ3) is 3.49. The molecule has 0 aromatic heterocycles. The van der Waals surface area contributed by atoms with Crippen molar-refractivity contribution >= 4 is 0 Å². The van der Waals surface area contributed by atoms with Gasteiger partial charge in [-0.1, -0.05) is 12.1 Å². The molecular weight excluding hydrogens is 552 g/mol. The fourth-order valence-corrected chi connectivity index (χ4v) is 6.05. The molecule has 12 heteroatoms. The molecule has 0 spiro atoms. The summed E-state index contributed by atoms with van der Waals surface area (Å²) in [7, 11) is 0. The van der Waals surface area contributed by atoms with Gasteiger partial charge in [0.2, 0.25) is 0 Å². The minimum absolute atomic E-state index is 0.0102. The molecule has 3 aliphatic rings. The van der Waals surface area contributed by atoms with E-state index >= 15 is 0 Å². The zero-order valence-corrected chi connectivity index (χ0v) is 21.5. The molecule has 0 fully saturated rings. The van der Waals surface area contributed by atoms with Crippen LogP contribution in [0.2, 0.25) is 0 Å². The van der Waals surface area contributed by atoms with Crippen molar-refractivity contribution in [1.29, 1.82) is 0 Å². The van der Waals surface area contributed by atoms with E-state index in [4.69, 9.17) is 14.2 Å². The maximum atomic E-state index is 11.9. The van der Waals surface area contributed by atoms with Crippen molar-refractivity contribution < 1.29 is 60.2 Å². The second kappa shape index (κ2) is 8.65. The summed E-state index contributed by atoms with van der Waals surface area (Å²) in [6, 6.07) is 11.6. The molecule has 0 amide bonds. The summed E-state index contributed by atoms with van der Waals surface area (Å²) in [6.45, 7) is 0. The Morgan fingerprint density at radius 1 is 0.690 bits per heavy atom. The topological polar surface area (TPSA) is 210 Å². The maximum absolute atomic E-state index is 11.9. The summed E-state index contributed by atoms with van der Waals surface area (Å²) in [6.07, 6.45) is -3.87. The minimum Gasteiger partial charge on any atom is -0.508 e. The van der Waals surface area contributed by atoms with Gasteiger partial charge in [-0.15, -0.1) is 0 Å². The number of aromatic hydroxyl groups is 7. The molecule has 9 N–H and O–H groups in total. The minimum atomic E-state index is -2.14. The number of phenols is 7. The number of aliphatic hydroxyl groups excluding tert-OH is 2. The zero-order valence-electron chi connectivity index (χ0n) is 21.5. The van der Waals surface area contributed by atoms with Gasteiger partial charge < -0.3 is 60.2 Å². The van der Waals surface area contributed by atoms with Crippen LogP contribution in [0.1, 0.15) is 39.8 Å². The third-order valence-electron chi connectivity index (χ3n) is 8.04. The van der Waals surface area contributed by atoms with Crippen molar-refractivity contribution in [3.63, 3.8) is 0 Å². The van der Waals surface area contributed by atoms with Crippen LogP contribution in [0.3, 0.4) is 0 Å². The summed E-state index contributed by atoms with van der Waals surface area (Å²) >= 11 is 0. The molecule has 4 aromatic rings. The Labute approximate surface area is 236 Å². The van der Waals surface area contributed by atoms with E-state index in [1.807, 2.05) is 0 Å². The van der Waals surface area contributed by atoms with Crippen molar-refractivity contribution in [1.82, 2.24) is 0 Å². The Hall–Kier alpha value is -5.20. The standard InChI is InChI=1S/C30H24O12/c31-13-2-3-14-22(8-13)41-30(12-6-19(35)26(38)20(36)7-12)29(39)24(14)25-23(42-30)10-17(33)15-9-21(37)27(40-28(15)25)11-1-4-16(32)18(34)5-11/h1-8,10,21,24,27,29,31-39H,9H2/t21-,24+,27-,29-,30-/m0/s1. The molecule has 3 aliphatic heterocycles. The fourth-order valence-electron chi connectivity index (χ4n) is 6.05. The number of phenolic OH excluding ortho intramolecular Hbond substituents is 7. The Kier molecular flexibility index (Phi) is 5.30. The van der Waals surface area contributed by atoms with E-state index in [9.17, 15) is 46.0 Å². The van der Waals surface area contributed by atoms with Gasteiger partial charge >= 0.3 is 5.79 Å². The maximum Gasteiger partial charge on any atom is 0.305 e. The largest absolute Gasteiger partial charge is 0.508 e. The van der Waals surface area contributed by atoms with E-state index in [-0.39, 0.29) is 57.6 Å². The summed E-state index contributed by atoms with van der Waals surface area (Å²) < 4.78 is 18.7. The lowest BCUT2D eigenvalue weighted by atomic mass is 9.74. The lowest BCUT2D eigenvalue weighted by Crippen LogP contribution is -2.57. The van der Waals surface area contributed by atoms with Crippen molar-refractivity contribution in [2.75, 3.05) is 0 Å². The Balaban J connectivity index is 1.46. The number of hydrogen-bond donors (Lipinski definition) is 9. The third-order valence-corrected chi connectivity index (χ3v) is 8.04. The van der Waals surface area contributed by atoms with E-state index in [0.29, 0.717) is 11.1 Å². The van der Waals surface area contributed by atoms with E-state index < -0.39 is 53.0 Å². The Bertz CT molecular complexity index is 1760. The van der Waals surface area contributed by atoms with Gasteiger partial charge in [0.25, 0.3) is 0 Å². The van der Waals surface area contributed by atoms with Crippen molar-refractivity contribution in [2.24, 2.45) is 0 Å². The van der Waals surface area contributed by atoms with Crippen LogP contribution in [0, 0.1) is 0 Å². The van der Waals surface area contributed by atoms with E-state index in [1.165, 1.54) is 42.5 Å². The predicted octanol–water partition coefficient (Wildman–Crippen LogP) is 2.79. The zero-order chi connectivity index (χ0) is 29.7. The predicted molar refractivity (Wildman–Crippen MR) is 141 cm³/mol. The highest BCUT2D eigenvalue weighted by molar-refractivity contribution is 5.66. The quantitative estimate of drug-likeness (QED) is 0.158. The highest BCUT2D eigenvalue weighted by Crippen LogP contribution is 2.61. The highest BCUT2D eigenvalue weighted by Gasteiger charge is 2.59. The number of benzene rings is 4. The van der Waals surface area contributed by atoms with Crippen molar-refractivity contribution in [3.05, 3.63) is 82.4 Å². The van der Waals surface area contributed by atoms with Gasteiger partial charge in [0.05, 0.1) is 12.0 Å². The first-order valence-electron chi connectivity index (χ1n) is 12.9. The SMILES string of the molecule is Oc1ccc2c(c1)O[C@@]1(c3cc(O)c(O)c(O)c3)Oc3cc(O)c4c(c3[C@@H]2[C@@H]1O)O[C@@H](c1ccc(O)c(O)c1)[C@@H](O)C4. The van der Waals surface area contributed by atoms with Crippen LogP contribution in [-0.2, 0) is 12.2 Å². The average Bonchev–Trinajstić information content (AvgIpc) is 2.93. The number of rotatable bonds is 2. The van der Waals surface area contributed by atoms with Crippen LogP contribution >= 0.6 is 0 Å². The number of fused-ring (bicyclic) bond motifs is 8. The molecule has 42 heavy (non-hydrogen) atoms. The molecule has 216 valence electrons. The first-order valence-corrected chi connectivity index (χ1v) is 12.9. The smallest absolute Gasteiger partial charge is 0.305 e. The molecule has 5 atom stereocenters. The van der Waals surface area contributed by atoms with Crippen LogP contribution in [-0.4, -0.2) is 58.2 Å². The van der Waals surface area contributed by atoms with Crippen LogP contribution in [0.5, 0.6) is 57.5 Å². The van der Waals surface area contributed by atoms with Gasteiger partial charge in [0.15, 0.2) is 28.7 Å². The van der Waals surface area contributed by atoms with Gasteiger partial charge in [-0.25, -0.2) is 0 Å². The molecular formula is C30H24O12. The van der Waals surface area contributed by atoms with Crippen LogP contribution < -0.4 is 14.2 Å². The second-order valence-electron chi connectivity index (χ2n) is 10.6. The Morgan fingerprint density at radius 3 is 2.12 bits per heavy atom. The normalized spacial score (nSPS) is 25.2. The highest BCUT2D eigenvalue weighted by atomic mass is 16.7. The van der Waals surface area contributed by atoms with E-state index in [1.54, 1.807) is 0 Å². The lowest BCUT2D eigenvalue weighted by molar-refractivity contribution is -0.218. The van der Waals surface area contributed by atoms with Crippen LogP contribution in [0.15, 0.2) is 54.6 Å². The van der Waals surface area contributed by atoms with E-state index in [0.717, 1.165) is 12.1 Å². The van der Waals surface area contributed by atoms with Gasteiger partial charge in [0, 0.05) is 40.8 Å². The molecule has 3 heterocycles. The summed E-state index contributed by atoms with van der Waals surface area (Å²) in [5, 5.41) is 94.4. The fraction of sp³-hybridized carbons (Fsp3) is 0.200.